The summed E-state index contributed by atoms with van der Waals surface area (Å²) in [6, 6.07) is 3.70. The van der Waals surface area contributed by atoms with Crippen molar-refractivity contribution < 1.29 is 19.5 Å². The predicted octanol–water partition coefficient (Wildman–Crippen LogP) is -0.0381. The number of thiocarbonyl (C=S) groups is 1. The number of aliphatic hydroxyl groups is 1. The van der Waals surface area contributed by atoms with E-state index in [2.05, 4.69) is 19.4 Å². The summed E-state index contributed by atoms with van der Waals surface area (Å²) in [4.78, 5) is 3.40. The lowest BCUT2D eigenvalue weighted by Crippen LogP contribution is -3.05. The van der Waals surface area contributed by atoms with Crippen LogP contribution in [0.5, 0.6) is 11.5 Å². The molecule has 1 aromatic carbocycles. The van der Waals surface area contributed by atoms with Gasteiger partial charge >= 0.3 is 0 Å². The lowest BCUT2D eigenvalue weighted by molar-refractivity contribution is -0.858. The Morgan fingerprint density at radius 2 is 2.00 bits per heavy atom. The Kier molecular flexibility index (Phi) is 6.65. The van der Waals surface area contributed by atoms with Gasteiger partial charge < -0.3 is 29.7 Å². The number of nitrogens with one attached hydrogen (secondary N) is 2. The standard InChI is InChI=1S/C17H27N3O3S/c1-19(2)9-5-8-18-17(24)20-10-12-14(22-3)6-7-15(23-4)16(12)13(21)11-20/h6-7,13,21H,5,8-11H2,1-4H3,(H,18,24)/p+1/t13-/m1/s1. The van der Waals surface area contributed by atoms with Crippen LogP contribution in [0.15, 0.2) is 12.1 Å². The van der Waals surface area contributed by atoms with Crippen molar-refractivity contribution in [3.8, 4) is 11.5 Å². The molecule has 24 heavy (non-hydrogen) atoms. The van der Waals surface area contributed by atoms with E-state index in [1.54, 1.807) is 14.2 Å². The maximum absolute atomic E-state index is 10.6. The van der Waals surface area contributed by atoms with Crippen molar-refractivity contribution in [3.05, 3.63) is 23.3 Å². The average Bonchev–Trinajstić information content (AvgIpc) is 2.57. The lowest BCUT2D eigenvalue weighted by atomic mass is 9.95. The van der Waals surface area contributed by atoms with Gasteiger partial charge in [-0.2, -0.15) is 0 Å². The van der Waals surface area contributed by atoms with Crippen LogP contribution in [0.3, 0.4) is 0 Å². The molecule has 7 heteroatoms. The molecule has 0 unspecified atom stereocenters. The first-order chi connectivity index (χ1) is 11.5. The highest BCUT2D eigenvalue weighted by atomic mass is 32.1. The van der Waals surface area contributed by atoms with E-state index < -0.39 is 6.10 Å². The van der Waals surface area contributed by atoms with Crippen molar-refractivity contribution >= 4 is 17.3 Å². The van der Waals surface area contributed by atoms with Crippen LogP contribution in [0.1, 0.15) is 23.7 Å². The van der Waals surface area contributed by atoms with Crippen LogP contribution in [0.2, 0.25) is 0 Å². The fraction of sp³-hybridized carbons (Fsp3) is 0.588. The molecule has 0 saturated carbocycles. The van der Waals surface area contributed by atoms with E-state index in [9.17, 15) is 5.11 Å². The van der Waals surface area contributed by atoms with Gasteiger partial charge in [-0.3, -0.25) is 0 Å². The van der Waals surface area contributed by atoms with E-state index in [-0.39, 0.29) is 0 Å². The zero-order valence-corrected chi connectivity index (χ0v) is 15.7. The molecule has 6 nitrogen and oxygen atoms in total. The molecule has 1 heterocycles. The van der Waals surface area contributed by atoms with E-state index in [1.165, 1.54) is 4.90 Å². The van der Waals surface area contributed by atoms with Crippen LogP contribution in [-0.4, -0.2) is 63.1 Å². The Bertz CT molecular complexity index is 580. The molecule has 1 aliphatic rings. The minimum atomic E-state index is -0.662. The monoisotopic (exact) mass is 354 g/mol. The Labute approximate surface area is 149 Å². The van der Waals surface area contributed by atoms with E-state index in [0.717, 1.165) is 36.4 Å². The molecule has 0 spiro atoms. The minimum Gasteiger partial charge on any atom is -0.496 e. The molecule has 0 radical (unpaired) electrons. The maximum atomic E-state index is 10.6. The second-order valence-corrected chi connectivity index (χ2v) is 6.69. The number of quaternary nitrogens is 1. The summed E-state index contributed by atoms with van der Waals surface area (Å²) in [6.07, 6.45) is 0.386. The first kappa shape index (κ1) is 18.8. The number of hydrogen-bond donors (Lipinski definition) is 3. The summed E-state index contributed by atoms with van der Waals surface area (Å²) in [7, 11) is 7.51. The molecule has 134 valence electrons. The molecule has 1 atom stereocenters. The highest BCUT2D eigenvalue weighted by Gasteiger charge is 2.30. The first-order valence-corrected chi connectivity index (χ1v) is 8.62. The fourth-order valence-electron chi connectivity index (χ4n) is 2.98. The van der Waals surface area contributed by atoms with Gasteiger partial charge in [0.1, 0.15) is 17.6 Å². The molecule has 0 bridgehead atoms. The molecular formula is C17H28N3O3S+. The van der Waals surface area contributed by atoms with Gasteiger partial charge in [-0.05, 0) is 24.4 Å². The third kappa shape index (κ3) is 4.28. The second kappa shape index (κ2) is 8.50. The van der Waals surface area contributed by atoms with Crippen molar-refractivity contribution in [1.82, 2.24) is 10.2 Å². The van der Waals surface area contributed by atoms with Crippen molar-refractivity contribution in [2.24, 2.45) is 0 Å². The van der Waals surface area contributed by atoms with Crippen LogP contribution >= 0.6 is 12.2 Å². The van der Waals surface area contributed by atoms with Gasteiger partial charge in [-0.1, -0.05) is 0 Å². The normalized spacial score (nSPS) is 16.8. The fourth-order valence-corrected chi connectivity index (χ4v) is 3.22. The largest absolute Gasteiger partial charge is 0.496 e. The summed E-state index contributed by atoms with van der Waals surface area (Å²) in [5.41, 5.74) is 1.73. The van der Waals surface area contributed by atoms with Gasteiger partial charge in [-0.15, -0.1) is 0 Å². The molecule has 2 rings (SSSR count). The Morgan fingerprint density at radius 3 is 2.62 bits per heavy atom. The van der Waals surface area contributed by atoms with Crippen molar-refractivity contribution in [3.63, 3.8) is 0 Å². The van der Waals surface area contributed by atoms with Crippen molar-refractivity contribution in [1.29, 1.82) is 0 Å². The number of fused-ring (bicyclic) bond motifs is 1. The van der Waals surface area contributed by atoms with Crippen LogP contribution < -0.4 is 19.7 Å². The summed E-state index contributed by atoms with van der Waals surface area (Å²) < 4.78 is 10.8. The zero-order valence-electron chi connectivity index (χ0n) is 14.9. The van der Waals surface area contributed by atoms with Gasteiger partial charge in [0.15, 0.2) is 5.11 Å². The number of ether oxygens (including phenoxy) is 2. The first-order valence-electron chi connectivity index (χ1n) is 8.21. The third-order valence-corrected chi connectivity index (χ3v) is 4.61. The smallest absolute Gasteiger partial charge is 0.169 e. The summed E-state index contributed by atoms with van der Waals surface area (Å²) in [6.45, 7) is 2.96. The molecule has 1 aromatic rings. The van der Waals surface area contributed by atoms with Gasteiger partial charge in [0.25, 0.3) is 0 Å². The molecule has 3 N–H and O–H groups in total. The van der Waals surface area contributed by atoms with Crippen LogP contribution in [0.25, 0.3) is 0 Å². The summed E-state index contributed by atoms with van der Waals surface area (Å²) in [5, 5.41) is 14.5. The number of hydrogen-bond acceptors (Lipinski definition) is 4. The molecule has 0 fully saturated rings. The zero-order chi connectivity index (χ0) is 17.7. The second-order valence-electron chi connectivity index (χ2n) is 6.30. The van der Waals surface area contributed by atoms with E-state index >= 15 is 0 Å². The highest BCUT2D eigenvalue weighted by Crippen LogP contribution is 2.39. The Balaban J connectivity index is 2.09. The number of benzene rings is 1. The van der Waals surface area contributed by atoms with Gasteiger partial charge in [0.05, 0.1) is 41.4 Å². The van der Waals surface area contributed by atoms with E-state index in [4.69, 9.17) is 21.7 Å². The molecule has 0 amide bonds. The molecule has 0 aromatic heterocycles. The number of rotatable bonds is 6. The number of aliphatic hydroxyl groups excluding tert-OH is 1. The molecular weight excluding hydrogens is 326 g/mol. The number of methoxy groups -OCH3 is 2. The molecule has 0 aliphatic carbocycles. The maximum Gasteiger partial charge on any atom is 0.169 e. The lowest BCUT2D eigenvalue weighted by Gasteiger charge is -2.35. The van der Waals surface area contributed by atoms with Crippen LogP contribution in [0, 0.1) is 0 Å². The molecule has 0 saturated heterocycles. The quantitative estimate of drug-likeness (QED) is 0.492. The van der Waals surface area contributed by atoms with Crippen molar-refractivity contribution in [2.75, 3.05) is 47.9 Å². The summed E-state index contributed by atoms with van der Waals surface area (Å²) >= 11 is 5.50. The SMILES string of the molecule is COc1ccc(OC)c2c1CN(C(=S)NCCC[NH+](C)C)C[C@H]2O. The average molecular weight is 354 g/mol. The van der Waals surface area contributed by atoms with E-state index in [0.29, 0.717) is 24.0 Å². The van der Waals surface area contributed by atoms with Crippen molar-refractivity contribution in [2.45, 2.75) is 19.1 Å². The number of nitrogens with zero attached hydrogens (tertiary/aromatic N) is 1. The Morgan fingerprint density at radius 1 is 1.33 bits per heavy atom. The topological polar surface area (TPSA) is 58.4 Å². The van der Waals surface area contributed by atoms with Crippen LogP contribution in [0.4, 0.5) is 0 Å². The summed E-state index contributed by atoms with van der Waals surface area (Å²) in [5.74, 6) is 1.43. The van der Waals surface area contributed by atoms with Gasteiger partial charge in [0.2, 0.25) is 0 Å². The highest BCUT2D eigenvalue weighted by molar-refractivity contribution is 7.80. The number of β-amino-alcohol motifs (C(OH)–C–C–N with tert-alkyl or cyclic N) is 1. The molecule has 1 aliphatic heterocycles. The minimum absolute atomic E-state index is 0.446. The van der Waals surface area contributed by atoms with Gasteiger partial charge in [-0.25, -0.2) is 0 Å². The van der Waals surface area contributed by atoms with Crippen LogP contribution in [-0.2, 0) is 6.54 Å². The third-order valence-electron chi connectivity index (χ3n) is 4.21. The Hall–Kier alpha value is -1.57. The van der Waals surface area contributed by atoms with E-state index in [1.807, 2.05) is 17.0 Å². The van der Waals surface area contributed by atoms with Gasteiger partial charge in [0, 0.05) is 30.6 Å². The predicted molar refractivity (Wildman–Crippen MR) is 97.8 cm³/mol.